The Hall–Kier alpha value is -2.92. The average Bonchev–Trinajstić information content (AvgIpc) is 2.71. The SMILES string of the molecule is CC(C)(C)c1ccc(C(=O)NNC(=O)c2ccc(-c3ccccc3)cc2)cc1Br. The molecule has 29 heavy (non-hydrogen) atoms. The highest BCUT2D eigenvalue weighted by Gasteiger charge is 2.18. The van der Waals surface area contributed by atoms with Crippen molar-refractivity contribution in [1.82, 2.24) is 10.9 Å². The number of amides is 2. The molecule has 0 aliphatic carbocycles. The molecule has 0 aliphatic heterocycles. The fraction of sp³-hybridized carbons (Fsp3) is 0.167. The van der Waals surface area contributed by atoms with Gasteiger partial charge in [0.25, 0.3) is 11.8 Å². The molecule has 3 aromatic carbocycles. The van der Waals surface area contributed by atoms with Gasteiger partial charge < -0.3 is 0 Å². The Morgan fingerprint density at radius 3 is 1.79 bits per heavy atom. The second-order valence-electron chi connectivity index (χ2n) is 7.80. The maximum absolute atomic E-state index is 12.4. The number of hydrazine groups is 1. The summed E-state index contributed by atoms with van der Waals surface area (Å²) < 4.78 is 0.862. The summed E-state index contributed by atoms with van der Waals surface area (Å²) in [5.41, 5.74) is 9.04. The molecule has 0 unspecified atom stereocenters. The fourth-order valence-electron chi connectivity index (χ4n) is 2.97. The van der Waals surface area contributed by atoms with Crippen LogP contribution in [-0.2, 0) is 5.41 Å². The quantitative estimate of drug-likeness (QED) is 0.518. The van der Waals surface area contributed by atoms with Crippen LogP contribution in [0.2, 0.25) is 0 Å². The molecule has 0 saturated carbocycles. The van der Waals surface area contributed by atoms with Gasteiger partial charge in [-0.05, 0) is 46.4 Å². The van der Waals surface area contributed by atoms with Crippen molar-refractivity contribution >= 4 is 27.7 Å². The first-order valence-electron chi connectivity index (χ1n) is 9.32. The lowest BCUT2D eigenvalue weighted by Gasteiger charge is -2.21. The first kappa shape index (κ1) is 20.8. The molecule has 0 spiro atoms. The number of hydrogen-bond acceptors (Lipinski definition) is 2. The number of nitrogens with one attached hydrogen (secondary N) is 2. The number of benzene rings is 3. The van der Waals surface area contributed by atoms with E-state index in [2.05, 4.69) is 47.6 Å². The van der Waals surface area contributed by atoms with Crippen LogP contribution in [0.4, 0.5) is 0 Å². The maximum Gasteiger partial charge on any atom is 0.269 e. The zero-order valence-corrected chi connectivity index (χ0v) is 18.2. The van der Waals surface area contributed by atoms with Gasteiger partial charge in [-0.15, -0.1) is 0 Å². The Morgan fingerprint density at radius 2 is 1.24 bits per heavy atom. The summed E-state index contributed by atoms with van der Waals surface area (Å²) in [7, 11) is 0. The van der Waals surface area contributed by atoms with E-state index in [1.54, 1.807) is 24.3 Å². The Balaban J connectivity index is 1.63. The normalized spacial score (nSPS) is 11.0. The molecule has 0 saturated heterocycles. The van der Waals surface area contributed by atoms with E-state index >= 15 is 0 Å². The third-order valence-electron chi connectivity index (χ3n) is 4.58. The largest absolute Gasteiger partial charge is 0.269 e. The molecule has 2 amide bonds. The van der Waals surface area contributed by atoms with Gasteiger partial charge in [-0.1, -0.05) is 85.2 Å². The van der Waals surface area contributed by atoms with Crippen LogP contribution >= 0.6 is 15.9 Å². The van der Waals surface area contributed by atoms with E-state index in [1.165, 1.54) is 0 Å². The summed E-state index contributed by atoms with van der Waals surface area (Å²) in [4.78, 5) is 24.7. The van der Waals surface area contributed by atoms with E-state index in [1.807, 2.05) is 48.5 Å². The summed E-state index contributed by atoms with van der Waals surface area (Å²) in [6.07, 6.45) is 0. The lowest BCUT2D eigenvalue weighted by Crippen LogP contribution is -2.41. The van der Waals surface area contributed by atoms with Crippen molar-refractivity contribution < 1.29 is 9.59 Å². The van der Waals surface area contributed by atoms with Crippen molar-refractivity contribution in [1.29, 1.82) is 0 Å². The topological polar surface area (TPSA) is 58.2 Å². The van der Waals surface area contributed by atoms with Crippen LogP contribution in [-0.4, -0.2) is 11.8 Å². The van der Waals surface area contributed by atoms with Gasteiger partial charge in [-0.3, -0.25) is 20.4 Å². The Kier molecular flexibility index (Phi) is 6.18. The molecule has 0 aromatic heterocycles. The number of rotatable bonds is 3. The molecule has 5 heteroatoms. The summed E-state index contributed by atoms with van der Waals surface area (Å²) in [5.74, 6) is -0.747. The van der Waals surface area contributed by atoms with Crippen molar-refractivity contribution in [2.24, 2.45) is 0 Å². The monoisotopic (exact) mass is 450 g/mol. The van der Waals surface area contributed by atoms with Crippen LogP contribution in [0.1, 0.15) is 47.1 Å². The van der Waals surface area contributed by atoms with Gasteiger partial charge in [0.2, 0.25) is 0 Å². The van der Waals surface area contributed by atoms with E-state index in [9.17, 15) is 9.59 Å². The second kappa shape index (κ2) is 8.62. The van der Waals surface area contributed by atoms with Crippen LogP contribution in [0.25, 0.3) is 11.1 Å². The van der Waals surface area contributed by atoms with Gasteiger partial charge in [0.1, 0.15) is 0 Å². The maximum atomic E-state index is 12.4. The lowest BCUT2D eigenvalue weighted by atomic mass is 9.86. The smallest absolute Gasteiger partial charge is 0.267 e. The van der Waals surface area contributed by atoms with E-state index in [4.69, 9.17) is 0 Å². The van der Waals surface area contributed by atoms with E-state index in [-0.39, 0.29) is 17.2 Å². The Labute approximate surface area is 179 Å². The third kappa shape index (κ3) is 5.12. The fourth-order valence-corrected chi connectivity index (χ4v) is 3.94. The molecule has 0 fully saturated rings. The predicted octanol–water partition coefficient (Wildman–Crippen LogP) is 5.49. The van der Waals surface area contributed by atoms with E-state index in [0.29, 0.717) is 11.1 Å². The molecule has 0 aliphatic rings. The highest BCUT2D eigenvalue weighted by Crippen LogP contribution is 2.30. The molecule has 0 atom stereocenters. The van der Waals surface area contributed by atoms with Crippen LogP contribution in [0.5, 0.6) is 0 Å². The summed E-state index contributed by atoms with van der Waals surface area (Å²) >= 11 is 3.53. The zero-order chi connectivity index (χ0) is 21.0. The standard InChI is InChI=1S/C24H23BrN2O2/c1-24(2,3)20-14-13-19(15-21(20)25)23(29)27-26-22(28)18-11-9-17(10-12-18)16-7-5-4-6-8-16/h4-15H,1-3H3,(H,26,28)(H,27,29). The Bertz CT molecular complexity index is 1020. The average molecular weight is 451 g/mol. The predicted molar refractivity (Wildman–Crippen MR) is 120 cm³/mol. The van der Waals surface area contributed by atoms with Crippen LogP contribution < -0.4 is 10.9 Å². The molecule has 3 rings (SSSR count). The third-order valence-corrected chi connectivity index (χ3v) is 5.24. The van der Waals surface area contributed by atoms with Crippen molar-refractivity contribution in [3.8, 4) is 11.1 Å². The number of halogens is 1. The van der Waals surface area contributed by atoms with Gasteiger partial charge in [0.05, 0.1) is 0 Å². The number of carbonyl (C=O) groups excluding carboxylic acids is 2. The molecular formula is C24H23BrN2O2. The molecular weight excluding hydrogens is 428 g/mol. The van der Waals surface area contributed by atoms with Crippen LogP contribution in [0.3, 0.4) is 0 Å². The minimum atomic E-state index is -0.375. The van der Waals surface area contributed by atoms with Crippen molar-refractivity contribution in [3.63, 3.8) is 0 Å². The number of hydrogen-bond donors (Lipinski definition) is 2. The van der Waals surface area contributed by atoms with Crippen LogP contribution in [0, 0.1) is 0 Å². The minimum absolute atomic E-state index is 0.0338. The van der Waals surface area contributed by atoms with Gasteiger partial charge in [-0.2, -0.15) is 0 Å². The van der Waals surface area contributed by atoms with E-state index in [0.717, 1.165) is 21.2 Å². The van der Waals surface area contributed by atoms with Crippen molar-refractivity contribution in [3.05, 3.63) is 94.0 Å². The van der Waals surface area contributed by atoms with Gasteiger partial charge in [-0.25, -0.2) is 0 Å². The minimum Gasteiger partial charge on any atom is -0.267 e. The highest BCUT2D eigenvalue weighted by molar-refractivity contribution is 9.10. The zero-order valence-electron chi connectivity index (χ0n) is 16.6. The van der Waals surface area contributed by atoms with Crippen molar-refractivity contribution in [2.75, 3.05) is 0 Å². The second-order valence-corrected chi connectivity index (χ2v) is 8.65. The highest BCUT2D eigenvalue weighted by atomic mass is 79.9. The molecule has 3 aromatic rings. The molecule has 0 bridgehead atoms. The summed E-state index contributed by atoms with van der Waals surface area (Å²) in [6, 6.07) is 22.6. The summed E-state index contributed by atoms with van der Waals surface area (Å²) in [6.45, 7) is 6.32. The molecule has 2 N–H and O–H groups in total. The van der Waals surface area contributed by atoms with Gasteiger partial charge in [0.15, 0.2) is 0 Å². The van der Waals surface area contributed by atoms with E-state index < -0.39 is 0 Å². The van der Waals surface area contributed by atoms with Crippen LogP contribution in [0.15, 0.2) is 77.3 Å². The molecule has 4 nitrogen and oxygen atoms in total. The number of carbonyl (C=O) groups is 2. The Morgan fingerprint density at radius 1 is 0.724 bits per heavy atom. The van der Waals surface area contributed by atoms with Gasteiger partial charge >= 0.3 is 0 Å². The first-order valence-corrected chi connectivity index (χ1v) is 10.1. The molecule has 0 heterocycles. The lowest BCUT2D eigenvalue weighted by molar-refractivity contribution is 0.0846. The first-order chi connectivity index (χ1) is 13.8. The summed E-state index contributed by atoms with van der Waals surface area (Å²) in [5, 5.41) is 0. The molecule has 148 valence electrons. The van der Waals surface area contributed by atoms with Gasteiger partial charge in [0, 0.05) is 15.6 Å². The molecule has 0 radical (unpaired) electrons. The van der Waals surface area contributed by atoms with Crippen molar-refractivity contribution in [2.45, 2.75) is 26.2 Å².